The van der Waals surface area contributed by atoms with Gasteiger partial charge in [-0.2, -0.15) is 8.42 Å². The molecule has 0 fully saturated rings. The van der Waals surface area contributed by atoms with Crippen molar-refractivity contribution in [3.63, 3.8) is 0 Å². The lowest BCUT2D eigenvalue weighted by molar-refractivity contribution is 0.448. The van der Waals surface area contributed by atoms with Gasteiger partial charge in [0.05, 0.1) is 0 Å². The number of rotatable bonds is 3. The Morgan fingerprint density at radius 3 is 2.43 bits per heavy atom. The highest BCUT2D eigenvalue weighted by Crippen LogP contribution is 2.39. The summed E-state index contributed by atoms with van der Waals surface area (Å²) in [6, 6.07) is 13.0. The average Bonchev–Trinajstić information content (AvgIpc) is 2.53. The van der Waals surface area contributed by atoms with Gasteiger partial charge in [0.15, 0.2) is 10.7 Å². The minimum Gasteiger partial charge on any atom is -0.506 e. The number of azo groups is 1. The van der Waals surface area contributed by atoms with Crippen LogP contribution in [0, 0.1) is 0 Å². The van der Waals surface area contributed by atoms with Gasteiger partial charge in [0.2, 0.25) is 0 Å². The van der Waals surface area contributed by atoms with Crippen molar-refractivity contribution in [3.05, 3.63) is 54.7 Å². The molecule has 0 unspecified atom stereocenters. The van der Waals surface area contributed by atoms with Crippen molar-refractivity contribution in [2.75, 3.05) is 0 Å². The summed E-state index contributed by atoms with van der Waals surface area (Å²) < 4.78 is 32.6. The van der Waals surface area contributed by atoms with Crippen molar-refractivity contribution in [2.24, 2.45) is 10.2 Å². The molecule has 7 nitrogen and oxygen atoms in total. The molecule has 0 saturated carbocycles. The average molecular weight is 329 g/mol. The summed E-state index contributed by atoms with van der Waals surface area (Å²) in [5.74, 6) is -0.304. The van der Waals surface area contributed by atoms with Crippen LogP contribution >= 0.6 is 0 Å². The van der Waals surface area contributed by atoms with Gasteiger partial charge in [-0.15, -0.1) is 10.2 Å². The number of hydrogen-bond donors (Lipinski definition) is 2. The first-order chi connectivity index (χ1) is 11.0. The van der Waals surface area contributed by atoms with Gasteiger partial charge < -0.3 is 5.11 Å². The van der Waals surface area contributed by atoms with Crippen LogP contribution in [0.15, 0.2) is 69.9 Å². The van der Waals surface area contributed by atoms with E-state index in [0.29, 0.717) is 5.39 Å². The zero-order valence-electron chi connectivity index (χ0n) is 11.7. The summed E-state index contributed by atoms with van der Waals surface area (Å²) >= 11 is 0. The highest BCUT2D eigenvalue weighted by Gasteiger charge is 2.23. The molecule has 0 spiro atoms. The maximum atomic E-state index is 11.6. The summed E-state index contributed by atoms with van der Waals surface area (Å²) in [5.41, 5.74) is -0.172. The Morgan fingerprint density at radius 1 is 1.00 bits per heavy atom. The maximum Gasteiger partial charge on any atom is 0.300 e. The summed E-state index contributed by atoms with van der Waals surface area (Å²) in [4.78, 5) is 3.25. The zero-order chi connectivity index (χ0) is 16.4. The van der Waals surface area contributed by atoms with E-state index in [4.69, 9.17) is 0 Å². The van der Waals surface area contributed by atoms with Gasteiger partial charge in [0.25, 0.3) is 10.1 Å². The second kappa shape index (κ2) is 5.75. The first-order valence-corrected chi connectivity index (χ1v) is 7.96. The third kappa shape index (κ3) is 3.03. The van der Waals surface area contributed by atoms with Crippen LogP contribution in [-0.4, -0.2) is 23.1 Å². The number of aromatic nitrogens is 1. The molecule has 0 aliphatic rings. The number of phenolic OH excluding ortho intramolecular Hbond substituents is 1. The molecule has 0 atom stereocenters. The third-order valence-electron chi connectivity index (χ3n) is 3.12. The SMILES string of the molecule is O=S(=O)(O)c1c(N=Nc2ccccn2)cc2ccccc2c1O. The number of hydrogen-bond acceptors (Lipinski definition) is 6. The van der Waals surface area contributed by atoms with Gasteiger partial charge in [0.1, 0.15) is 11.4 Å². The van der Waals surface area contributed by atoms with Gasteiger partial charge in [-0.1, -0.05) is 30.3 Å². The standard InChI is InChI=1S/C15H11N3O4S/c19-14-11-6-2-1-5-10(11)9-12(15(14)23(20,21)22)17-18-13-7-3-4-8-16-13/h1-9,19H,(H,20,21,22). The summed E-state index contributed by atoms with van der Waals surface area (Å²) in [6.07, 6.45) is 1.51. The molecule has 0 radical (unpaired) electrons. The highest BCUT2D eigenvalue weighted by atomic mass is 32.2. The molecular weight excluding hydrogens is 318 g/mol. The fourth-order valence-electron chi connectivity index (χ4n) is 2.14. The van der Waals surface area contributed by atoms with E-state index in [1.165, 1.54) is 12.3 Å². The van der Waals surface area contributed by atoms with E-state index in [9.17, 15) is 18.1 Å². The molecular formula is C15H11N3O4S. The highest BCUT2D eigenvalue weighted by molar-refractivity contribution is 7.86. The van der Waals surface area contributed by atoms with E-state index in [1.807, 2.05) is 0 Å². The molecule has 0 bridgehead atoms. The van der Waals surface area contributed by atoms with Crippen molar-refractivity contribution in [1.82, 2.24) is 4.98 Å². The molecule has 0 saturated heterocycles. The van der Waals surface area contributed by atoms with Crippen LogP contribution in [0.1, 0.15) is 0 Å². The largest absolute Gasteiger partial charge is 0.506 e. The Kier molecular flexibility index (Phi) is 3.77. The Balaban J connectivity index is 2.24. The number of aromatic hydroxyl groups is 1. The van der Waals surface area contributed by atoms with Gasteiger partial charge >= 0.3 is 0 Å². The van der Waals surface area contributed by atoms with Crippen molar-refractivity contribution >= 4 is 32.4 Å². The van der Waals surface area contributed by atoms with E-state index in [0.717, 1.165) is 0 Å². The zero-order valence-corrected chi connectivity index (χ0v) is 12.5. The lowest BCUT2D eigenvalue weighted by atomic mass is 10.1. The molecule has 1 heterocycles. The molecule has 2 N–H and O–H groups in total. The van der Waals surface area contributed by atoms with Gasteiger partial charge in [-0.25, -0.2) is 4.98 Å². The van der Waals surface area contributed by atoms with Crippen LogP contribution in [0.2, 0.25) is 0 Å². The topological polar surface area (TPSA) is 112 Å². The predicted octanol–water partition coefficient (Wildman–Crippen LogP) is 3.60. The van der Waals surface area contributed by atoms with Crippen molar-refractivity contribution < 1.29 is 18.1 Å². The minimum absolute atomic E-state index is 0.172. The van der Waals surface area contributed by atoms with E-state index < -0.39 is 20.8 Å². The number of nitrogens with zero attached hydrogens (tertiary/aromatic N) is 3. The van der Waals surface area contributed by atoms with Crippen LogP contribution in [0.25, 0.3) is 10.8 Å². The Labute approximate surface area is 131 Å². The van der Waals surface area contributed by atoms with Gasteiger partial charge in [-0.05, 0) is 23.6 Å². The normalized spacial score (nSPS) is 12.0. The summed E-state index contributed by atoms with van der Waals surface area (Å²) in [7, 11) is -4.68. The van der Waals surface area contributed by atoms with Crippen molar-refractivity contribution in [2.45, 2.75) is 4.90 Å². The molecule has 0 aliphatic carbocycles. The lowest BCUT2D eigenvalue weighted by Gasteiger charge is -2.08. The van der Waals surface area contributed by atoms with Gasteiger partial charge in [-0.3, -0.25) is 4.55 Å². The molecule has 116 valence electrons. The first kappa shape index (κ1) is 15.1. The minimum atomic E-state index is -4.68. The lowest BCUT2D eigenvalue weighted by Crippen LogP contribution is -1.99. The molecule has 3 aromatic rings. The van der Waals surface area contributed by atoms with Crippen LogP contribution in [0.4, 0.5) is 11.5 Å². The Bertz CT molecular complexity index is 1000. The molecule has 8 heteroatoms. The molecule has 0 amide bonds. The fraction of sp³-hybridized carbons (Fsp3) is 0. The Morgan fingerprint density at radius 2 is 1.74 bits per heavy atom. The van der Waals surface area contributed by atoms with E-state index in [2.05, 4.69) is 15.2 Å². The molecule has 2 aromatic carbocycles. The van der Waals surface area contributed by atoms with Crippen LogP contribution in [0.3, 0.4) is 0 Å². The van der Waals surface area contributed by atoms with E-state index in [1.54, 1.807) is 42.5 Å². The van der Waals surface area contributed by atoms with Crippen molar-refractivity contribution in [1.29, 1.82) is 0 Å². The smallest absolute Gasteiger partial charge is 0.300 e. The molecule has 23 heavy (non-hydrogen) atoms. The predicted molar refractivity (Wildman–Crippen MR) is 83.8 cm³/mol. The summed E-state index contributed by atoms with van der Waals surface area (Å²) in [5, 5.41) is 18.7. The van der Waals surface area contributed by atoms with Gasteiger partial charge in [0, 0.05) is 11.6 Å². The first-order valence-electron chi connectivity index (χ1n) is 6.52. The number of benzene rings is 2. The van der Waals surface area contributed by atoms with E-state index in [-0.39, 0.29) is 16.9 Å². The number of phenols is 1. The summed E-state index contributed by atoms with van der Waals surface area (Å²) in [6.45, 7) is 0. The van der Waals surface area contributed by atoms with Crippen molar-refractivity contribution in [3.8, 4) is 5.75 Å². The Hall–Kier alpha value is -2.84. The van der Waals surface area contributed by atoms with Crippen LogP contribution in [0.5, 0.6) is 5.75 Å². The van der Waals surface area contributed by atoms with E-state index >= 15 is 0 Å². The number of pyridine rings is 1. The molecule has 0 aliphatic heterocycles. The third-order valence-corrected chi connectivity index (χ3v) is 4.04. The maximum absolute atomic E-state index is 11.6. The monoisotopic (exact) mass is 329 g/mol. The van der Waals surface area contributed by atoms with Crippen LogP contribution < -0.4 is 0 Å². The molecule has 3 rings (SSSR count). The number of fused-ring (bicyclic) bond motifs is 1. The second-order valence-electron chi connectivity index (χ2n) is 4.66. The quantitative estimate of drug-likeness (QED) is 0.563. The molecule has 1 aromatic heterocycles. The second-order valence-corrected chi connectivity index (χ2v) is 6.02. The van der Waals surface area contributed by atoms with Crippen LogP contribution in [-0.2, 0) is 10.1 Å². The fourth-order valence-corrected chi connectivity index (χ4v) is 2.86.